The molecule has 0 unspecified atom stereocenters. The van der Waals surface area contributed by atoms with Crippen molar-refractivity contribution in [3.63, 3.8) is 0 Å². The van der Waals surface area contributed by atoms with Crippen molar-refractivity contribution in [3.05, 3.63) is 71.5 Å². The minimum Gasteiger partial charge on any atom is -0.478 e. The number of hydrogen-bond acceptors (Lipinski definition) is 5. The number of ether oxygens (including phenoxy) is 1. The molecule has 5 rings (SSSR count). The average Bonchev–Trinajstić information content (AvgIpc) is 3.12. The van der Waals surface area contributed by atoms with Crippen molar-refractivity contribution >= 4 is 34.1 Å². The molecule has 1 spiro atoms. The number of amides is 1. The molecule has 1 amide bonds. The molecule has 33 heavy (non-hydrogen) atoms. The van der Waals surface area contributed by atoms with Crippen LogP contribution in [0.1, 0.15) is 48.8 Å². The van der Waals surface area contributed by atoms with Gasteiger partial charge in [-0.2, -0.15) is 0 Å². The van der Waals surface area contributed by atoms with E-state index in [0.29, 0.717) is 30.6 Å². The fourth-order valence-corrected chi connectivity index (χ4v) is 5.04. The minimum absolute atomic E-state index is 0.0423. The van der Waals surface area contributed by atoms with Gasteiger partial charge in [0.15, 0.2) is 5.60 Å². The number of Topliss-reactive ketones (excluding diaryl/α,β-unsaturated/α-hetero) is 1. The zero-order valence-corrected chi connectivity index (χ0v) is 18.9. The zero-order valence-electron chi connectivity index (χ0n) is 18.9. The molecule has 3 aromatic rings. The van der Waals surface area contributed by atoms with Gasteiger partial charge in [0.25, 0.3) is 0 Å². The Bertz CT molecular complexity index is 1270. The lowest BCUT2D eigenvalue weighted by Gasteiger charge is -2.35. The number of nitrogens with zero attached hydrogens (tertiary/aromatic N) is 2. The molecule has 168 valence electrons. The Labute approximate surface area is 193 Å². The molecule has 1 aromatic heterocycles. The Kier molecular flexibility index (Phi) is 5.44. The maximum Gasteiger partial charge on any atom is 0.220 e. The minimum atomic E-state index is -0.870. The second-order valence-electron chi connectivity index (χ2n) is 9.08. The van der Waals surface area contributed by atoms with Gasteiger partial charge in [0, 0.05) is 31.4 Å². The van der Waals surface area contributed by atoms with Crippen molar-refractivity contribution in [2.45, 2.75) is 44.6 Å². The van der Waals surface area contributed by atoms with Gasteiger partial charge >= 0.3 is 0 Å². The smallest absolute Gasteiger partial charge is 0.220 e. The van der Waals surface area contributed by atoms with Crippen LogP contribution < -0.4 is 5.32 Å². The van der Waals surface area contributed by atoms with E-state index >= 15 is 0 Å². The quantitative estimate of drug-likeness (QED) is 0.646. The summed E-state index contributed by atoms with van der Waals surface area (Å²) >= 11 is 0. The van der Waals surface area contributed by atoms with E-state index in [-0.39, 0.29) is 17.6 Å². The van der Waals surface area contributed by atoms with Crippen molar-refractivity contribution in [2.24, 2.45) is 5.92 Å². The lowest BCUT2D eigenvalue weighted by molar-refractivity contribution is -0.132. The molecular formula is C27H27N3O3. The first-order chi connectivity index (χ1) is 16.0. The molecule has 0 saturated heterocycles. The molecule has 1 N–H and O–H groups in total. The summed E-state index contributed by atoms with van der Waals surface area (Å²) in [5.74, 6) is 0.976. The second-order valence-corrected chi connectivity index (χ2v) is 9.08. The van der Waals surface area contributed by atoms with Crippen LogP contribution in [0.5, 0.6) is 0 Å². The largest absolute Gasteiger partial charge is 0.478 e. The molecule has 1 aliphatic heterocycles. The lowest BCUT2D eigenvalue weighted by Crippen LogP contribution is -2.41. The summed E-state index contributed by atoms with van der Waals surface area (Å²) in [6, 6.07) is 13.8. The molecule has 6 nitrogen and oxygen atoms in total. The summed E-state index contributed by atoms with van der Waals surface area (Å²) in [6.45, 7) is 2.02. The van der Waals surface area contributed by atoms with Crippen LogP contribution in [0.3, 0.4) is 0 Å². The van der Waals surface area contributed by atoms with Crippen LogP contribution in [0.4, 0.5) is 0 Å². The van der Waals surface area contributed by atoms with Crippen molar-refractivity contribution < 1.29 is 14.3 Å². The van der Waals surface area contributed by atoms with Gasteiger partial charge in [-0.25, -0.2) is 0 Å². The number of nitrogens with one attached hydrogen (secondary N) is 1. The number of carbonyl (C=O) groups is 2. The topological polar surface area (TPSA) is 81.2 Å². The second kappa shape index (κ2) is 8.43. The third-order valence-corrected chi connectivity index (χ3v) is 6.87. The highest BCUT2D eigenvalue weighted by Crippen LogP contribution is 2.49. The Morgan fingerprint density at radius 3 is 2.55 bits per heavy atom. The molecule has 1 aliphatic carbocycles. The molecule has 2 heterocycles. The standard InChI is InChI=1S/C27H27N3O3/c1-17-4-3-5-19(14-17)24-25(20-6-7-21-22(16-20)30-13-12-29-21)33-27(26(24)32)10-8-18(9-11-27)15-23(31)28-2/h3-7,12-14,16,18H,8-11,15H2,1-2H3,(H,28,31). The van der Waals surface area contributed by atoms with Crippen LogP contribution in [-0.2, 0) is 14.3 Å². The van der Waals surface area contributed by atoms with E-state index in [1.54, 1.807) is 19.4 Å². The molecule has 0 radical (unpaired) electrons. The highest BCUT2D eigenvalue weighted by Gasteiger charge is 2.51. The van der Waals surface area contributed by atoms with Gasteiger partial charge in [-0.3, -0.25) is 19.6 Å². The first kappa shape index (κ1) is 21.3. The monoisotopic (exact) mass is 441 g/mol. The summed E-state index contributed by atoms with van der Waals surface area (Å²) < 4.78 is 6.61. The Morgan fingerprint density at radius 2 is 1.82 bits per heavy atom. The summed E-state index contributed by atoms with van der Waals surface area (Å²) in [4.78, 5) is 34.6. The van der Waals surface area contributed by atoms with E-state index in [1.807, 2.05) is 49.4 Å². The van der Waals surface area contributed by atoms with Crippen LogP contribution in [-0.4, -0.2) is 34.3 Å². The molecule has 0 atom stereocenters. The third kappa shape index (κ3) is 3.90. The Morgan fingerprint density at radius 1 is 1.06 bits per heavy atom. The predicted octanol–water partition coefficient (Wildman–Crippen LogP) is 4.47. The van der Waals surface area contributed by atoms with E-state index < -0.39 is 5.60 Å². The van der Waals surface area contributed by atoms with E-state index in [0.717, 1.165) is 40.6 Å². The van der Waals surface area contributed by atoms with Crippen LogP contribution in [0.15, 0.2) is 54.9 Å². The number of aromatic nitrogens is 2. The van der Waals surface area contributed by atoms with E-state index in [1.165, 1.54) is 0 Å². The van der Waals surface area contributed by atoms with Crippen LogP contribution >= 0.6 is 0 Å². The molecule has 6 heteroatoms. The predicted molar refractivity (Wildman–Crippen MR) is 127 cm³/mol. The highest BCUT2D eigenvalue weighted by atomic mass is 16.5. The first-order valence-electron chi connectivity index (χ1n) is 11.5. The number of benzene rings is 2. The first-order valence-corrected chi connectivity index (χ1v) is 11.5. The van der Waals surface area contributed by atoms with Gasteiger partial charge in [0.05, 0.1) is 16.6 Å². The summed E-state index contributed by atoms with van der Waals surface area (Å²) in [5.41, 5.74) is 4.12. The van der Waals surface area contributed by atoms with Crippen molar-refractivity contribution in [1.82, 2.24) is 15.3 Å². The maximum absolute atomic E-state index is 13.9. The van der Waals surface area contributed by atoms with E-state index in [4.69, 9.17) is 4.74 Å². The summed E-state index contributed by atoms with van der Waals surface area (Å²) in [5, 5.41) is 2.70. The molecular weight excluding hydrogens is 414 g/mol. The fraction of sp³-hybridized carbons (Fsp3) is 0.333. The third-order valence-electron chi connectivity index (χ3n) is 6.87. The van der Waals surface area contributed by atoms with Gasteiger partial charge in [0.1, 0.15) is 5.76 Å². The van der Waals surface area contributed by atoms with Crippen molar-refractivity contribution in [2.75, 3.05) is 7.05 Å². The van der Waals surface area contributed by atoms with Crippen molar-refractivity contribution in [3.8, 4) is 0 Å². The highest BCUT2D eigenvalue weighted by molar-refractivity contribution is 6.33. The number of rotatable bonds is 4. The van der Waals surface area contributed by atoms with Gasteiger partial charge < -0.3 is 10.1 Å². The van der Waals surface area contributed by atoms with Crippen LogP contribution in [0, 0.1) is 12.8 Å². The molecule has 2 aliphatic rings. The summed E-state index contributed by atoms with van der Waals surface area (Å²) in [6.07, 6.45) is 6.63. The number of fused-ring (bicyclic) bond motifs is 1. The number of hydrogen-bond donors (Lipinski definition) is 1. The normalized spacial score (nSPS) is 22.6. The SMILES string of the molecule is CNC(=O)CC1CCC2(CC1)OC(c1ccc3nccnc3c1)=C(c1cccc(C)c1)C2=O. The molecule has 0 bridgehead atoms. The van der Waals surface area contributed by atoms with Crippen molar-refractivity contribution in [1.29, 1.82) is 0 Å². The van der Waals surface area contributed by atoms with Crippen LogP contribution in [0.2, 0.25) is 0 Å². The fourth-order valence-electron chi connectivity index (χ4n) is 5.04. The van der Waals surface area contributed by atoms with Gasteiger partial charge in [-0.05, 0) is 62.3 Å². The molecule has 1 saturated carbocycles. The summed E-state index contributed by atoms with van der Waals surface area (Å²) in [7, 11) is 1.66. The Hall–Kier alpha value is -3.54. The van der Waals surface area contributed by atoms with Gasteiger partial charge in [0.2, 0.25) is 11.7 Å². The Balaban J connectivity index is 1.54. The number of carbonyl (C=O) groups excluding carboxylic acids is 2. The molecule has 1 fully saturated rings. The lowest BCUT2D eigenvalue weighted by atomic mass is 9.74. The van der Waals surface area contributed by atoms with E-state index in [2.05, 4.69) is 15.3 Å². The van der Waals surface area contributed by atoms with Gasteiger partial charge in [-0.1, -0.05) is 29.8 Å². The zero-order chi connectivity index (χ0) is 23.0. The number of ketones is 1. The number of aryl methyl sites for hydroxylation is 1. The van der Waals surface area contributed by atoms with Gasteiger partial charge in [-0.15, -0.1) is 0 Å². The maximum atomic E-state index is 13.9. The van der Waals surface area contributed by atoms with E-state index in [9.17, 15) is 9.59 Å². The molecule has 2 aromatic carbocycles. The average molecular weight is 442 g/mol. The van der Waals surface area contributed by atoms with Crippen LogP contribution in [0.25, 0.3) is 22.4 Å².